The molecular formula is C63H64FN9O14. The van der Waals surface area contributed by atoms with Gasteiger partial charge in [0.2, 0.25) is 35.4 Å². The van der Waals surface area contributed by atoms with Crippen LogP contribution in [0, 0.1) is 12.7 Å². The molecule has 0 unspecified atom stereocenters. The van der Waals surface area contributed by atoms with E-state index in [-0.39, 0.29) is 81.4 Å². The van der Waals surface area contributed by atoms with Gasteiger partial charge in [-0.1, -0.05) is 85.8 Å². The molecule has 87 heavy (non-hydrogen) atoms. The first-order chi connectivity index (χ1) is 41.8. The number of rotatable bonds is 23. The van der Waals surface area contributed by atoms with E-state index in [1.165, 1.54) is 10.6 Å². The summed E-state index contributed by atoms with van der Waals surface area (Å²) in [5.41, 5.74) is 5.91. The third kappa shape index (κ3) is 12.8. The Labute approximate surface area is 497 Å². The molecule has 23 nitrogen and oxygen atoms in total. The Morgan fingerprint density at radius 2 is 1.44 bits per heavy atom. The SMILES string of the molecule is CC[C@@]1(O)C(=O)OCc2c1cc1n(c2=O)Cc2c-1nc1cc(F)c(C)c3c1c2[C@@H](NC(=O)CCCNC(=O)CNC(=O)[C@H](Cc1ccccc1)NC(=O)CNC(=O)CNC(=O)[C@H](CCC(=O)O)NC(=O)OCC1c2ccccc2-c2ccccc21)CC3. The molecule has 452 valence electrons. The molecule has 0 radical (unpaired) electrons. The van der Waals surface area contributed by atoms with Crippen molar-refractivity contribution in [2.24, 2.45) is 0 Å². The first-order valence-electron chi connectivity index (χ1n) is 28.7. The molecule has 0 saturated heterocycles. The highest BCUT2D eigenvalue weighted by Crippen LogP contribution is 2.47. The van der Waals surface area contributed by atoms with E-state index in [4.69, 9.17) is 14.5 Å². The molecule has 24 heteroatoms. The van der Waals surface area contributed by atoms with E-state index in [1.807, 2.05) is 48.5 Å². The van der Waals surface area contributed by atoms with Crippen LogP contribution < -0.4 is 42.8 Å². The Hall–Kier alpha value is -9.84. The molecule has 2 aliphatic heterocycles. The zero-order chi connectivity index (χ0) is 61.7. The van der Waals surface area contributed by atoms with Crippen LogP contribution in [0.3, 0.4) is 0 Å². The number of ether oxygens (including phenoxy) is 2. The maximum atomic E-state index is 15.4. The molecule has 0 fully saturated rings. The van der Waals surface area contributed by atoms with Crippen LogP contribution in [0.4, 0.5) is 9.18 Å². The van der Waals surface area contributed by atoms with Crippen molar-refractivity contribution in [1.29, 1.82) is 0 Å². The molecule has 4 aromatic carbocycles. The van der Waals surface area contributed by atoms with Crippen LogP contribution in [0.1, 0.15) is 107 Å². The second-order valence-corrected chi connectivity index (χ2v) is 21.9. The summed E-state index contributed by atoms with van der Waals surface area (Å²) >= 11 is 0. The lowest BCUT2D eigenvalue weighted by molar-refractivity contribution is -0.172. The maximum absolute atomic E-state index is 15.4. The van der Waals surface area contributed by atoms with E-state index in [1.54, 1.807) is 50.2 Å². The van der Waals surface area contributed by atoms with E-state index in [0.717, 1.165) is 27.8 Å². The smallest absolute Gasteiger partial charge is 0.407 e. The fraction of sp³-hybridized carbons (Fsp3) is 0.349. The number of alkyl carbamates (subject to hydrolysis) is 1. The van der Waals surface area contributed by atoms with Crippen LogP contribution in [-0.4, -0.2) is 118 Å². The van der Waals surface area contributed by atoms with Crippen molar-refractivity contribution in [3.8, 4) is 22.5 Å². The standard InChI is InChI=1S/C63H64FN9O14/c1-3-63(85)43-25-49-57-40(30-73(49)60(82)42(43)32-86-61(63)83)56-45(20-19-35-33(2)44(64)26-47(71-57)55(35)56)69-50(74)18-11-23-65-51(75)27-68-59(81)48(24-34-12-5-4-6-13-34)70-53(77)29-66-52(76)28-67-58(80)46(21-22-54(78)79)72-62(84)87-31-41-38-16-9-7-14-36(38)37-15-8-10-17-39(37)41/h4-10,12-17,25-26,41,45-46,48,85H,3,11,18-24,27-32H2,1-2H3,(H,65,75)(H,66,76)(H,67,80)(H,68,81)(H,69,74)(H,70,77)(H,72,84)(H,78,79)/t45-,46-,48-,63-/m0/s1. The third-order valence-corrected chi connectivity index (χ3v) is 16.4. The van der Waals surface area contributed by atoms with Gasteiger partial charge in [-0.3, -0.25) is 38.4 Å². The number of cyclic esters (lactones) is 1. The van der Waals surface area contributed by atoms with Gasteiger partial charge in [-0.2, -0.15) is 0 Å². The maximum Gasteiger partial charge on any atom is 0.407 e. The number of amides is 7. The third-order valence-electron chi connectivity index (χ3n) is 16.4. The molecular weight excluding hydrogens is 1130 g/mol. The second kappa shape index (κ2) is 25.8. The van der Waals surface area contributed by atoms with Gasteiger partial charge < -0.3 is 61.5 Å². The minimum Gasteiger partial charge on any atom is -0.481 e. The molecule has 2 aromatic heterocycles. The molecule has 2 aliphatic carbocycles. The molecule has 9 N–H and O–H groups in total. The number of carboxylic acid groups (broad SMARTS) is 1. The predicted molar refractivity (Wildman–Crippen MR) is 311 cm³/mol. The average molecular weight is 1190 g/mol. The quantitative estimate of drug-likeness (QED) is 0.0328. The van der Waals surface area contributed by atoms with Crippen LogP contribution in [-0.2, 0) is 79.4 Å². The van der Waals surface area contributed by atoms with Gasteiger partial charge in [0.05, 0.1) is 54.7 Å². The number of esters is 1. The average Bonchev–Trinajstić information content (AvgIpc) is 1.69. The molecule has 0 spiro atoms. The van der Waals surface area contributed by atoms with Gasteiger partial charge in [0.1, 0.15) is 31.1 Å². The van der Waals surface area contributed by atoms with Gasteiger partial charge in [0.25, 0.3) is 5.56 Å². The summed E-state index contributed by atoms with van der Waals surface area (Å²) in [7, 11) is 0. The Balaban J connectivity index is 0.691. The van der Waals surface area contributed by atoms with Crippen molar-refractivity contribution < 1.29 is 67.2 Å². The monoisotopic (exact) mass is 1190 g/mol. The number of benzene rings is 4. The normalized spacial score (nSPS) is 16.5. The first kappa shape index (κ1) is 60.3. The molecule has 4 atom stereocenters. The highest BCUT2D eigenvalue weighted by atomic mass is 19.1. The minimum absolute atomic E-state index is 0.00133. The number of nitrogens with zero attached hydrogens (tertiary/aromatic N) is 2. The number of nitrogens with one attached hydrogen (secondary N) is 7. The van der Waals surface area contributed by atoms with Gasteiger partial charge in [-0.15, -0.1) is 0 Å². The second-order valence-electron chi connectivity index (χ2n) is 21.9. The van der Waals surface area contributed by atoms with Crippen LogP contribution in [0.25, 0.3) is 33.4 Å². The Kier molecular flexibility index (Phi) is 17.9. The number of aromatic nitrogens is 2. The molecule has 4 heterocycles. The van der Waals surface area contributed by atoms with Crippen molar-refractivity contribution in [3.63, 3.8) is 0 Å². The summed E-state index contributed by atoms with van der Waals surface area (Å²) in [6.07, 6.45) is -0.847. The number of aliphatic carboxylic acids is 1. The Bertz CT molecular complexity index is 3810. The van der Waals surface area contributed by atoms with Gasteiger partial charge in [-0.05, 0) is 89.6 Å². The van der Waals surface area contributed by atoms with E-state index in [9.17, 15) is 58.2 Å². The van der Waals surface area contributed by atoms with Crippen molar-refractivity contribution in [1.82, 2.24) is 46.8 Å². The largest absolute Gasteiger partial charge is 0.481 e. The van der Waals surface area contributed by atoms with Crippen LogP contribution in [0.15, 0.2) is 95.8 Å². The summed E-state index contributed by atoms with van der Waals surface area (Å²) < 4.78 is 27.7. The first-order valence-corrected chi connectivity index (χ1v) is 28.7. The lowest BCUT2D eigenvalue weighted by atomic mass is 9.81. The van der Waals surface area contributed by atoms with E-state index < -0.39 is 109 Å². The Morgan fingerprint density at radius 3 is 2.13 bits per heavy atom. The lowest BCUT2D eigenvalue weighted by Crippen LogP contribution is -2.53. The van der Waals surface area contributed by atoms with Gasteiger partial charge >= 0.3 is 18.0 Å². The van der Waals surface area contributed by atoms with E-state index in [0.29, 0.717) is 57.4 Å². The molecule has 6 aromatic rings. The zero-order valence-electron chi connectivity index (χ0n) is 47.6. The van der Waals surface area contributed by atoms with Crippen molar-refractivity contribution >= 4 is 64.4 Å². The summed E-state index contributed by atoms with van der Waals surface area (Å²) in [5, 5.41) is 39.4. The topological polar surface area (TPSA) is 332 Å². The van der Waals surface area contributed by atoms with Crippen LogP contribution >= 0.6 is 0 Å². The van der Waals surface area contributed by atoms with Gasteiger partial charge in [-0.25, -0.2) is 19.0 Å². The van der Waals surface area contributed by atoms with Crippen molar-refractivity contribution in [3.05, 3.63) is 157 Å². The zero-order valence-corrected chi connectivity index (χ0v) is 47.6. The lowest BCUT2D eigenvalue weighted by Gasteiger charge is -2.31. The number of aliphatic hydroxyl groups is 1. The molecule has 10 rings (SSSR count). The predicted octanol–water partition coefficient (Wildman–Crippen LogP) is 3.38. The molecule has 0 saturated carbocycles. The van der Waals surface area contributed by atoms with Gasteiger partial charge in [0.15, 0.2) is 5.60 Å². The Morgan fingerprint density at radius 1 is 0.782 bits per heavy atom. The number of carbonyl (C=O) groups is 9. The minimum atomic E-state index is -2.05. The number of fused-ring (bicyclic) bond motifs is 8. The molecule has 0 bridgehead atoms. The molecule has 7 amide bonds. The highest BCUT2D eigenvalue weighted by Gasteiger charge is 2.46. The number of carboxylic acids is 1. The van der Waals surface area contributed by atoms with Crippen molar-refractivity contribution in [2.75, 3.05) is 32.8 Å². The number of halogens is 1. The highest BCUT2D eigenvalue weighted by molar-refractivity contribution is 5.96. The number of carbonyl (C=O) groups excluding carboxylic acids is 8. The number of hydrogen-bond donors (Lipinski definition) is 9. The fourth-order valence-corrected chi connectivity index (χ4v) is 12.0. The van der Waals surface area contributed by atoms with E-state index in [2.05, 4.69) is 37.2 Å². The number of pyridine rings is 2. The van der Waals surface area contributed by atoms with Crippen LogP contribution in [0.5, 0.6) is 0 Å². The van der Waals surface area contributed by atoms with Gasteiger partial charge in [0, 0.05) is 54.3 Å². The fourth-order valence-electron chi connectivity index (χ4n) is 12.0. The summed E-state index contributed by atoms with van der Waals surface area (Å²) in [6, 6.07) is 23.8. The summed E-state index contributed by atoms with van der Waals surface area (Å²) in [6.45, 7) is 1.22. The summed E-state index contributed by atoms with van der Waals surface area (Å²) in [4.78, 5) is 136. The van der Waals surface area contributed by atoms with Crippen LogP contribution in [0.2, 0.25) is 0 Å². The number of aryl methyl sites for hydroxylation is 1. The molecule has 4 aliphatic rings. The van der Waals surface area contributed by atoms with Crippen molar-refractivity contribution in [2.45, 2.75) is 108 Å². The van der Waals surface area contributed by atoms with E-state index >= 15 is 4.39 Å². The number of hydrogen-bond acceptors (Lipinski definition) is 14. The summed E-state index contributed by atoms with van der Waals surface area (Å²) in [5.74, 6) is -6.99.